The van der Waals surface area contributed by atoms with Gasteiger partial charge in [-0.25, -0.2) is 0 Å². The molecule has 164 valence electrons. The molecule has 3 heterocycles. The van der Waals surface area contributed by atoms with Crippen molar-refractivity contribution in [3.63, 3.8) is 0 Å². The Hall–Kier alpha value is -1.79. The third-order valence-electron chi connectivity index (χ3n) is 6.95. The summed E-state index contributed by atoms with van der Waals surface area (Å²) in [7, 11) is 4.34. The summed E-state index contributed by atoms with van der Waals surface area (Å²) >= 11 is 0. The standard InChI is InChI=1S/C24H38N6/c1-18(2)16-30-13-10-19(11-14-30)15-22-26-27-23(29(22)4)17-28(3)21-9-5-7-20-8-6-12-25-24(20)21/h6,8,12,18-19,21H,5,7,9-11,13-17H2,1-4H3. The van der Waals surface area contributed by atoms with Gasteiger partial charge in [0.25, 0.3) is 0 Å². The van der Waals surface area contributed by atoms with E-state index in [1.807, 2.05) is 6.20 Å². The van der Waals surface area contributed by atoms with Gasteiger partial charge >= 0.3 is 0 Å². The number of piperidine rings is 1. The summed E-state index contributed by atoms with van der Waals surface area (Å²) in [6.07, 6.45) is 9.08. The molecule has 4 rings (SSSR count). The summed E-state index contributed by atoms with van der Waals surface area (Å²) < 4.78 is 2.24. The smallest absolute Gasteiger partial charge is 0.146 e. The Morgan fingerprint density at radius 1 is 1.13 bits per heavy atom. The number of aromatic nitrogens is 4. The van der Waals surface area contributed by atoms with Gasteiger partial charge in [0.1, 0.15) is 11.6 Å². The number of nitrogens with zero attached hydrogens (tertiary/aromatic N) is 6. The van der Waals surface area contributed by atoms with Crippen molar-refractivity contribution in [1.29, 1.82) is 0 Å². The molecule has 6 heteroatoms. The summed E-state index contributed by atoms with van der Waals surface area (Å²) in [5, 5.41) is 9.14. The van der Waals surface area contributed by atoms with Gasteiger partial charge in [-0.1, -0.05) is 19.9 Å². The maximum Gasteiger partial charge on any atom is 0.146 e. The lowest BCUT2D eigenvalue weighted by atomic mass is 9.91. The van der Waals surface area contributed by atoms with E-state index in [4.69, 9.17) is 4.98 Å². The Kier molecular flexibility index (Phi) is 6.84. The quantitative estimate of drug-likeness (QED) is 0.698. The van der Waals surface area contributed by atoms with Gasteiger partial charge < -0.3 is 9.47 Å². The van der Waals surface area contributed by atoms with Crippen LogP contribution in [0.3, 0.4) is 0 Å². The molecule has 1 atom stereocenters. The largest absolute Gasteiger partial charge is 0.317 e. The highest BCUT2D eigenvalue weighted by Gasteiger charge is 2.27. The lowest BCUT2D eigenvalue weighted by Crippen LogP contribution is -2.36. The highest BCUT2D eigenvalue weighted by atomic mass is 15.3. The molecule has 0 aromatic carbocycles. The van der Waals surface area contributed by atoms with Crippen LogP contribution in [0.4, 0.5) is 0 Å². The normalized spacial score (nSPS) is 20.8. The molecule has 0 radical (unpaired) electrons. The Labute approximate surface area is 181 Å². The number of likely N-dealkylation sites (tertiary alicyclic amines) is 1. The second-order valence-electron chi connectivity index (χ2n) is 9.80. The average molecular weight is 411 g/mol. The molecule has 6 nitrogen and oxygen atoms in total. The fourth-order valence-electron chi connectivity index (χ4n) is 5.21. The van der Waals surface area contributed by atoms with Crippen molar-refractivity contribution in [1.82, 2.24) is 29.5 Å². The molecule has 1 fully saturated rings. The highest BCUT2D eigenvalue weighted by molar-refractivity contribution is 5.25. The van der Waals surface area contributed by atoms with Crippen LogP contribution in [0.5, 0.6) is 0 Å². The lowest BCUT2D eigenvalue weighted by Gasteiger charge is -2.33. The van der Waals surface area contributed by atoms with Crippen LogP contribution in [0.1, 0.15) is 68.5 Å². The molecule has 1 aliphatic heterocycles. The lowest BCUT2D eigenvalue weighted by molar-refractivity contribution is 0.166. The van der Waals surface area contributed by atoms with Gasteiger partial charge in [-0.15, -0.1) is 10.2 Å². The van der Waals surface area contributed by atoms with Gasteiger partial charge in [0.05, 0.1) is 18.3 Å². The van der Waals surface area contributed by atoms with E-state index in [0.717, 1.165) is 42.9 Å². The molecule has 0 amide bonds. The second kappa shape index (κ2) is 9.56. The van der Waals surface area contributed by atoms with E-state index in [0.29, 0.717) is 6.04 Å². The summed E-state index contributed by atoms with van der Waals surface area (Å²) in [4.78, 5) is 9.73. The van der Waals surface area contributed by atoms with Gasteiger partial charge in [-0.2, -0.15) is 0 Å². The molecule has 1 saturated heterocycles. The van der Waals surface area contributed by atoms with E-state index >= 15 is 0 Å². The van der Waals surface area contributed by atoms with Crippen LogP contribution in [0.25, 0.3) is 0 Å². The van der Waals surface area contributed by atoms with Crippen LogP contribution >= 0.6 is 0 Å². The monoisotopic (exact) mass is 410 g/mol. The highest BCUT2D eigenvalue weighted by Crippen LogP contribution is 2.32. The number of fused-ring (bicyclic) bond motifs is 1. The van der Waals surface area contributed by atoms with Crippen LogP contribution < -0.4 is 0 Å². The van der Waals surface area contributed by atoms with Crippen molar-refractivity contribution in [2.24, 2.45) is 18.9 Å². The fourth-order valence-corrected chi connectivity index (χ4v) is 5.21. The average Bonchev–Trinajstić information content (AvgIpc) is 3.08. The molecule has 1 aliphatic carbocycles. The SMILES string of the molecule is CC(C)CN1CCC(Cc2nnc(CN(C)C3CCCc4cccnc43)n2C)CC1. The minimum absolute atomic E-state index is 0.375. The molecule has 30 heavy (non-hydrogen) atoms. The van der Waals surface area contributed by atoms with E-state index in [1.54, 1.807) is 0 Å². The zero-order chi connectivity index (χ0) is 21.1. The second-order valence-corrected chi connectivity index (χ2v) is 9.80. The van der Waals surface area contributed by atoms with E-state index in [2.05, 4.69) is 64.6 Å². The van der Waals surface area contributed by atoms with Crippen molar-refractivity contribution < 1.29 is 0 Å². The maximum absolute atomic E-state index is 4.70. The Bertz CT molecular complexity index is 821. The van der Waals surface area contributed by atoms with Gasteiger partial charge in [0.2, 0.25) is 0 Å². The first kappa shape index (κ1) is 21.4. The Morgan fingerprint density at radius 3 is 2.67 bits per heavy atom. The van der Waals surface area contributed by atoms with E-state index < -0.39 is 0 Å². The third-order valence-corrected chi connectivity index (χ3v) is 6.95. The first-order chi connectivity index (χ1) is 14.5. The molecule has 0 bridgehead atoms. The number of hydrogen-bond acceptors (Lipinski definition) is 5. The number of rotatable bonds is 7. The zero-order valence-electron chi connectivity index (χ0n) is 19.2. The maximum atomic E-state index is 4.70. The van der Waals surface area contributed by atoms with Crippen LogP contribution in [0, 0.1) is 11.8 Å². The predicted molar refractivity (Wildman–Crippen MR) is 120 cm³/mol. The van der Waals surface area contributed by atoms with Crippen LogP contribution in [-0.2, 0) is 26.4 Å². The van der Waals surface area contributed by atoms with E-state index in [9.17, 15) is 0 Å². The molecule has 0 saturated carbocycles. The molecule has 1 unspecified atom stereocenters. The van der Waals surface area contributed by atoms with Crippen molar-refractivity contribution in [2.75, 3.05) is 26.7 Å². The fraction of sp³-hybridized carbons (Fsp3) is 0.708. The minimum Gasteiger partial charge on any atom is -0.317 e. The van der Waals surface area contributed by atoms with Crippen molar-refractivity contribution in [2.45, 2.75) is 65.0 Å². The van der Waals surface area contributed by atoms with Crippen LogP contribution in [-0.4, -0.2) is 56.2 Å². The number of aryl methyl sites for hydroxylation is 1. The summed E-state index contributed by atoms with van der Waals surface area (Å²) in [5.41, 5.74) is 2.66. The molecule has 2 aromatic rings. The van der Waals surface area contributed by atoms with E-state index in [-0.39, 0.29) is 0 Å². The third kappa shape index (κ3) is 4.92. The molecular formula is C24H38N6. The molecular weight excluding hydrogens is 372 g/mol. The van der Waals surface area contributed by atoms with Crippen molar-refractivity contribution in [3.05, 3.63) is 41.2 Å². The number of pyridine rings is 1. The Morgan fingerprint density at radius 2 is 1.90 bits per heavy atom. The Balaban J connectivity index is 1.35. The predicted octanol–water partition coefficient (Wildman–Crippen LogP) is 3.63. The van der Waals surface area contributed by atoms with E-state index in [1.165, 1.54) is 56.6 Å². The van der Waals surface area contributed by atoms with Crippen molar-refractivity contribution >= 4 is 0 Å². The van der Waals surface area contributed by atoms with Gasteiger partial charge in [-0.3, -0.25) is 9.88 Å². The molecule has 2 aromatic heterocycles. The van der Waals surface area contributed by atoms with Gasteiger partial charge in [-0.05, 0) is 75.7 Å². The zero-order valence-corrected chi connectivity index (χ0v) is 19.2. The molecule has 0 spiro atoms. The summed E-state index contributed by atoms with van der Waals surface area (Å²) in [5.74, 6) is 3.69. The molecule has 0 N–H and O–H groups in total. The first-order valence-electron chi connectivity index (χ1n) is 11.7. The molecule has 2 aliphatic rings. The van der Waals surface area contributed by atoms with Crippen molar-refractivity contribution in [3.8, 4) is 0 Å². The van der Waals surface area contributed by atoms with Crippen LogP contribution in [0.15, 0.2) is 18.3 Å². The van der Waals surface area contributed by atoms with Gasteiger partial charge in [0, 0.05) is 26.2 Å². The first-order valence-corrected chi connectivity index (χ1v) is 11.7. The minimum atomic E-state index is 0.375. The van der Waals surface area contributed by atoms with Gasteiger partial charge in [0.15, 0.2) is 0 Å². The van der Waals surface area contributed by atoms with Crippen LogP contribution in [0.2, 0.25) is 0 Å². The topological polar surface area (TPSA) is 50.1 Å². The summed E-state index contributed by atoms with van der Waals surface area (Å²) in [6, 6.07) is 4.67. The number of hydrogen-bond donors (Lipinski definition) is 0. The summed E-state index contributed by atoms with van der Waals surface area (Å²) in [6.45, 7) is 9.12.